The van der Waals surface area contributed by atoms with Gasteiger partial charge in [-0.05, 0) is 29.8 Å². The summed E-state index contributed by atoms with van der Waals surface area (Å²) in [6, 6.07) is 15.9. The van der Waals surface area contributed by atoms with Gasteiger partial charge in [0.2, 0.25) is 5.91 Å². The molecule has 0 spiro atoms. The van der Waals surface area contributed by atoms with Gasteiger partial charge in [0.15, 0.2) is 6.61 Å². The van der Waals surface area contributed by atoms with Crippen molar-refractivity contribution in [2.75, 3.05) is 11.6 Å². The van der Waals surface area contributed by atoms with Crippen LogP contribution in [0.4, 0.5) is 5.69 Å². The van der Waals surface area contributed by atoms with E-state index in [1.165, 1.54) is 5.01 Å². The van der Waals surface area contributed by atoms with Gasteiger partial charge in [0.25, 0.3) is 5.91 Å². The van der Waals surface area contributed by atoms with Crippen molar-refractivity contribution in [2.24, 2.45) is 5.10 Å². The first kappa shape index (κ1) is 19.6. The van der Waals surface area contributed by atoms with Gasteiger partial charge in [0, 0.05) is 24.4 Å². The topological polar surface area (TPSA) is 88.1 Å². The zero-order valence-corrected chi connectivity index (χ0v) is 15.7. The van der Waals surface area contributed by atoms with E-state index in [0.29, 0.717) is 10.7 Å². The van der Waals surface area contributed by atoms with Gasteiger partial charge in [-0.1, -0.05) is 41.9 Å². The predicted octanol–water partition coefficient (Wildman–Crippen LogP) is 2.68. The maximum Gasteiger partial charge on any atom is 0.355 e. The van der Waals surface area contributed by atoms with Crippen molar-refractivity contribution in [3.63, 3.8) is 0 Å². The Labute approximate surface area is 166 Å². The summed E-state index contributed by atoms with van der Waals surface area (Å²) in [6.45, 7) is -0.161. The van der Waals surface area contributed by atoms with Crippen molar-refractivity contribution in [1.82, 2.24) is 5.32 Å². The molecule has 0 saturated heterocycles. The van der Waals surface area contributed by atoms with Crippen LogP contribution in [-0.2, 0) is 25.7 Å². The highest BCUT2D eigenvalue weighted by Crippen LogP contribution is 2.20. The normalized spacial score (nSPS) is 13.7. The summed E-state index contributed by atoms with van der Waals surface area (Å²) in [5.74, 6) is -1.37. The largest absolute Gasteiger partial charge is 0.451 e. The van der Waals surface area contributed by atoms with Crippen molar-refractivity contribution >= 4 is 40.8 Å². The van der Waals surface area contributed by atoms with Crippen LogP contribution in [0.1, 0.15) is 18.4 Å². The number of carbonyl (C=O) groups excluding carboxylic acids is 3. The first-order valence-corrected chi connectivity index (χ1v) is 9.04. The molecule has 7 nitrogen and oxygen atoms in total. The molecule has 2 amide bonds. The minimum atomic E-state index is -0.716. The average Bonchev–Trinajstić information content (AvgIpc) is 2.71. The number of amides is 2. The molecule has 0 aromatic heterocycles. The second kappa shape index (κ2) is 9.14. The molecule has 144 valence electrons. The molecule has 0 fully saturated rings. The lowest BCUT2D eigenvalue weighted by Gasteiger charge is -2.22. The Kier molecular flexibility index (Phi) is 6.39. The molecule has 28 heavy (non-hydrogen) atoms. The molecule has 1 N–H and O–H groups in total. The zero-order chi connectivity index (χ0) is 19.9. The molecule has 1 aliphatic heterocycles. The fourth-order valence-corrected chi connectivity index (χ4v) is 2.80. The Hall–Kier alpha value is -3.19. The third-order valence-electron chi connectivity index (χ3n) is 3.98. The second-order valence-electron chi connectivity index (χ2n) is 6.07. The Morgan fingerprint density at radius 3 is 2.64 bits per heavy atom. The molecule has 0 unspecified atom stereocenters. The molecule has 3 rings (SSSR count). The van der Waals surface area contributed by atoms with Crippen molar-refractivity contribution in [3.05, 3.63) is 65.2 Å². The van der Waals surface area contributed by atoms with Crippen LogP contribution in [0, 0.1) is 0 Å². The van der Waals surface area contributed by atoms with Crippen LogP contribution in [0.2, 0.25) is 5.02 Å². The molecule has 1 aliphatic rings. The predicted molar refractivity (Wildman–Crippen MR) is 105 cm³/mol. The second-order valence-corrected chi connectivity index (χ2v) is 6.51. The molecular formula is C20H18ClN3O4. The van der Waals surface area contributed by atoms with E-state index < -0.39 is 18.5 Å². The van der Waals surface area contributed by atoms with E-state index in [1.807, 2.05) is 12.1 Å². The van der Waals surface area contributed by atoms with Crippen LogP contribution in [0.15, 0.2) is 59.7 Å². The molecule has 0 aliphatic carbocycles. The maximum atomic E-state index is 12.2. The Morgan fingerprint density at radius 2 is 1.89 bits per heavy atom. The van der Waals surface area contributed by atoms with Gasteiger partial charge in [-0.3, -0.25) is 9.59 Å². The molecular weight excluding hydrogens is 382 g/mol. The highest BCUT2D eigenvalue weighted by molar-refractivity contribution is 6.38. The van der Waals surface area contributed by atoms with Crippen molar-refractivity contribution in [2.45, 2.75) is 19.4 Å². The van der Waals surface area contributed by atoms with E-state index in [-0.39, 0.29) is 31.0 Å². The number of esters is 1. The minimum absolute atomic E-state index is 0.103. The Balaban J connectivity index is 1.54. The van der Waals surface area contributed by atoms with Crippen LogP contribution in [0.5, 0.6) is 0 Å². The highest BCUT2D eigenvalue weighted by atomic mass is 35.5. The van der Waals surface area contributed by atoms with E-state index in [4.69, 9.17) is 16.3 Å². The van der Waals surface area contributed by atoms with Gasteiger partial charge in [-0.25, -0.2) is 9.80 Å². The van der Waals surface area contributed by atoms with E-state index in [2.05, 4.69) is 10.4 Å². The van der Waals surface area contributed by atoms with Crippen molar-refractivity contribution in [1.29, 1.82) is 0 Å². The van der Waals surface area contributed by atoms with Gasteiger partial charge in [-0.2, -0.15) is 5.10 Å². The summed E-state index contributed by atoms with van der Waals surface area (Å²) in [5.41, 5.74) is 1.50. The number of benzene rings is 2. The summed E-state index contributed by atoms with van der Waals surface area (Å²) in [7, 11) is 0. The van der Waals surface area contributed by atoms with Crippen LogP contribution < -0.4 is 10.3 Å². The zero-order valence-electron chi connectivity index (χ0n) is 14.9. The molecule has 0 atom stereocenters. The van der Waals surface area contributed by atoms with Crippen LogP contribution >= 0.6 is 11.6 Å². The third kappa shape index (κ3) is 5.17. The van der Waals surface area contributed by atoms with Crippen LogP contribution in [0.3, 0.4) is 0 Å². The fraction of sp³-hybridized carbons (Fsp3) is 0.200. The van der Waals surface area contributed by atoms with Gasteiger partial charge in [0.1, 0.15) is 5.71 Å². The smallest absolute Gasteiger partial charge is 0.355 e. The van der Waals surface area contributed by atoms with Crippen LogP contribution in [-0.4, -0.2) is 30.1 Å². The standard InChI is InChI=1S/C20H18ClN3O4/c21-15-6-4-5-14(11-15)12-22-18(25)13-28-20(27)17-9-10-19(26)24(23-17)16-7-2-1-3-8-16/h1-8,11H,9-10,12-13H2,(H,22,25). The van der Waals surface area contributed by atoms with E-state index in [1.54, 1.807) is 42.5 Å². The number of para-hydroxylation sites is 1. The molecule has 8 heteroatoms. The average molecular weight is 400 g/mol. The minimum Gasteiger partial charge on any atom is -0.451 e. The number of ether oxygens (including phenoxy) is 1. The summed E-state index contributed by atoms with van der Waals surface area (Å²) in [6.07, 6.45) is 0.314. The third-order valence-corrected chi connectivity index (χ3v) is 4.22. The monoisotopic (exact) mass is 399 g/mol. The molecule has 0 bridgehead atoms. The quantitative estimate of drug-likeness (QED) is 0.756. The first-order chi connectivity index (χ1) is 13.5. The van der Waals surface area contributed by atoms with Crippen LogP contribution in [0.25, 0.3) is 0 Å². The van der Waals surface area contributed by atoms with E-state index in [9.17, 15) is 14.4 Å². The first-order valence-electron chi connectivity index (χ1n) is 8.66. The number of hydrogen-bond acceptors (Lipinski definition) is 5. The number of hydrazone groups is 1. The SMILES string of the molecule is O=C(COC(=O)C1=NN(c2ccccc2)C(=O)CC1)NCc1cccc(Cl)c1. The summed E-state index contributed by atoms with van der Waals surface area (Å²) in [4.78, 5) is 36.2. The highest BCUT2D eigenvalue weighted by Gasteiger charge is 2.26. The summed E-state index contributed by atoms with van der Waals surface area (Å²) < 4.78 is 5.03. The van der Waals surface area contributed by atoms with Crippen molar-refractivity contribution < 1.29 is 19.1 Å². The fourth-order valence-electron chi connectivity index (χ4n) is 2.58. The Bertz CT molecular complexity index is 915. The molecule has 2 aromatic rings. The lowest BCUT2D eigenvalue weighted by molar-refractivity contribution is -0.142. The van der Waals surface area contributed by atoms with Gasteiger partial charge in [-0.15, -0.1) is 0 Å². The van der Waals surface area contributed by atoms with Crippen molar-refractivity contribution in [3.8, 4) is 0 Å². The number of anilines is 1. The van der Waals surface area contributed by atoms with E-state index >= 15 is 0 Å². The molecule has 1 heterocycles. The molecule has 0 radical (unpaired) electrons. The lowest BCUT2D eigenvalue weighted by Crippen LogP contribution is -2.36. The number of rotatable bonds is 6. The number of nitrogens with one attached hydrogen (secondary N) is 1. The number of carbonyl (C=O) groups is 3. The number of halogens is 1. The van der Waals surface area contributed by atoms with E-state index in [0.717, 1.165) is 5.56 Å². The summed E-state index contributed by atoms with van der Waals surface area (Å²) >= 11 is 5.89. The maximum absolute atomic E-state index is 12.2. The van der Waals surface area contributed by atoms with Gasteiger partial charge >= 0.3 is 5.97 Å². The number of nitrogens with zero attached hydrogens (tertiary/aromatic N) is 2. The number of hydrogen-bond donors (Lipinski definition) is 1. The van der Waals surface area contributed by atoms with Gasteiger partial charge < -0.3 is 10.1 Å². The Morgan fingerprint density at radius 1 is 1.11 bits per heavy atom. The summed E-state index contributed by atoms with van der Waals surface area (Å²) in [5, 5.41) is 8.50. The lowest BCUT2D eigenvalue weighted by atomic mass is 10.1. The molecule has 2 aromatic carbocycles. The van der Waals surface area contributed by atoms with Gasteiger partial charge in [0.05, 0.1) is 5.69 Å². The molecule has 0 saturated carbocycles.